The first-order valence-corrected chi connectivity index (χ1v) is 16.3. The number of piperidine rings is 1. The maximum atomic E-state index is 13.9. The van der Waals surface area contributed by atoms with Crippen LogP contribution in [0, 0.1) is 24.7 Å². The minimum absolute atomic E-state index is 0.177. The van der Waals surface area contributed by atoms with E-state index in [0.717, 1.165) is 47.8 Å². The van der Waals surface area contributed by atoms with Gasteiger partial charge in [0.05, 0.1) is 37.2 Å². The van der Waals surface area contributed by atoms with Crippen LogP contribution in [-0.2, 0) is 19.9 Å². The fourth-order valence-electron chi connectivity index (χ4n) is 7.42. The number of carbonyl (C=O) groups is 2. The minimum atomic E-state index is -2.65. The molecular weight excluding hydrogens is 606 g/mol. The largest absolute Gasteiger partial charge is 0.378 e. The van der Waals surface area contributed by atoms with Gasteiger partial charge in [0.25, 0.3) is 12.3 Å². The molecule has 0 spiro atoms. The van der Waals surface area contributed by atoms with E-state index in [1.54, 1.807) is 9.36 Å². The standard InChI is InChI=1S/C34H38F2N8O3/c1-22-31-24(7-4-8-27(31)43(40-22)28-13-14-29(45)39-33(28)46)6-3-2-5-23-9-11-25(12-10-23)34(20-37-38-21-34)44-30(19-26(41-44)32(35)36)42-15-17-47-18-16-42/h4-5,7-8,19-20,25,28,32,38H,2,9-18,21H2,1H3,(H,39,45,46)/t25?,28?,34-/m0/s1. The number of carbonyl (C=O) groups excluding carboxylic acids is 2. The first-order chi connectivity index (χ1) is 22.8. The van der Waals surface area contributed by atoms with Crippen LogP contribution in [0.5, 0.6) is 0 Å². The van der Waals surface area contributed by atoms with E-state index >= 15 is 0 Å². The zero-order chi connectivity index (χ0) is 32.5. The summed E-state index contributed by atoms with van der Waals surface area (Å²) in [6, 6.07) is 6.82. The Kier molecular flexibility index (Phi) is 8.53. The van der Waals surface area contributed by atoms with Crippen LogP contribution in [0.4, 0.5) is 14.6 Å². The number of nitrogens with one attached hydrogen (secondary N) is 2. The van der Waals surface area contributed by atoms with Crippen molar-refractivity contribution < 1.29 is 23.1 Å². The van der Waals surface area contributed by atoms with Gasteiger partial charge in [0.2, 0.25) is 5.91 Å². The van der Waals surface area contributed by atoms with E-state index in [-0.39, 0.29) is 29.8 Å². The van der Waals surface area contributed by atoms with Crippen molar-refractivity contribution in [3.63, 3.8) is 0 Å². The van der Waals surface area contributed by atoms with E-state index in [2.05, 4.69) is 48.9 Å². The Balaban J connectivity index is 1.05. The Morgan fingerprint density at radius 2 is 1.94 bits per heavy atom. The highest BCUT2D eigenvalue weighted by molar-refractivity contribution is 6.00. The normalized spacial score (nSPS) is 24.8. The van der Waals surface area contributed by atoms with Crippen LogP contribution in [0.3, 0.4) is 0 Å². The molecule has 2 N–H and O–H groups in total. The number of ether oxygens (including phenoxy) is 1. The smallest absolute Gasteiger partial charge is 0.282 e. The van der Waals surface area contributed by atoms with Gasteiger partial charge in [-0.15, -0.1) is 0 Å². The quantitative estimate of drug-likeness (QED) is 0.235. The number of nitrogens with zero attached hydrogens (tertiary/aromatic N) is 6. The molecule has 2 saturated heterocycles. The molecule has 3 aliphatic heterocycles. The van der Waals surface area contributed by atoms with Crippen LogP contribution >= 0.6 is 0 Å². The summed E-state index contributed by atoms with van der Waals surface area (Å²) < 4.78 is 36.8. The summed E-state index contributed by atoms with van der Waals surface area (Å²) in [6.45, 7) is 4.78. The van der Waals surface area contributed by atoms with Gasteiger partial charge in [-0.25, -0.2) is 13.5 Å². The Hall–Kier alpha value is -4.57. The predicted octanol–water partition coefficient (Wildman–Crippen LogP) is 4.14. The van der Waals surface area contributed by atoms with Crippen molar-refractivity contribution in [1.29, 1.82) is 0 Å². The third kappa shape index (κ3) is 5.91. The van der Waals surface area contributed by atoms with Gasteiger partial charge in [0, 0.05) is 42.9 Å². The highest BCUT2D eigenvalue weighted by Gasteiger charge is 2.46. The topological polar surface area (TPSA) is 119 Å². The van der Waals surface area contributed by atoms with E-state index < -0.39 is 18.0 Å². The molecule has 5 heterocycles. The molecule has 1 saturated carbocycles. The highest BCUT2D eigenvalue weighted by atomic mass is 19.3. The van der Waals surface area contributed by atoms with Crippen molar-refractivity contribution in [3.05, 3.63) is 52.9 Å². The molecule has 1 aliphatic carbocycles. The number of halogens is 2. The van der Waals surface area contributed by atoms with Crippen LogP contribution in [0.1, 0.15) is 74.4 Å². The Bertz CT molecular complexity index is 1800. The molecule has 2 atom stereocenters. The third-order valence-corrected chi connectivity index (χ3v) is 9.87. The monoisotopic (exact) mass is 644 g/mol. The molecule has 3 fully saturated rings. The second-order valence-corrected chi connectivity index (χ2v) is 12.7. The van der Waals surface area contributed by atoms with E-state index in [0.29, 0.717) is 51.5 Å². The number of hydrogen-bond donors (Lipinski definition) is 2. The number of aromatic nitrogens is 4. The lowest BCUT2D eigenvalue weighted by atomic mass is 9.74. The van der Waals surface area contributed by atoms with Crippen molar-refractivity contribution in [2.45, 2.75) is 69.9 Å². The lowest BCUT2D eigenvalue weighted by Gasteiger charge is -2.40. The van der Waals surface area contributed by atoms with Gasteiger partial charge in [-0.2, -0.15) is 15.3 Å². The van der Waals surface area contributed by atoms with Gasteiger partial charge < -0.3 is 15.1 Å². The summed E-state index contributed by atoms with van der Waals surface area (Å²) in [7, 11) is 0. The van der Waals surface area contributed by atoms with E-state index in [1.807, 2.05) is 31.3 Å². The maximum absolute atomic E-state index is 13.9. The van der Waals surface area contributed by atoms with Crippen LogP contribution in [0.2, 0.25) is 0 Å². The molecule has 2 amide bonds. The summed E-state index contributed by atoms with van der Waals surface area (Å²) in [4.78, 5) is 26.3. The average molecular weight is 645 g/mol. The molecule has 4 aliphatic rings. The molecule has 13 heteroatoms. The number of rotatable bonds is 6. The number of imide groups is 1. The Morgan fingerprint density at radius 1 is 1.13 bits per heavy atom. The maximum Gasteiger partial charge on any atom is 0.282 e. The molecule has 11 nitrogen and oxygen atoms in total. The number of fused-ring (bicyclic) bond motifs is 1. The van der Waals surface area contributed by atoms with Crippen molar-refractivity contribution >= 4 is 34.7 Å². The summed E-state index contributed by atoms with van der Waals surface area (Å²) in [6.07, 6.45) is 6.29. The molecule has 0 bridgehead atoms. The van der Waals surface area contributed by atoms with Gasteiger partial charge in [-0.1, -0.05) is 29.6 Å². The number of morpholine rings is 1. The number of hydrazone groups is 1. The molecular formula is C34H38F2N8O3. The number of amides is 2. The first kappa shape index (κ1) is 31.1. The van der Waals surface area contributed by atoms with Crippen molar-refractivity contribution in [3.8, 4) is 11.8 Å². The van der Waals surface area contributed by atoms with Crippen LogP contribution in [-0.4, -0.2) is 70.4 Å². The Labute approximate surface area is 271 Å². The third-order valence-electron chi connectivity index (χ3n) is 9.87. The zero-order valence-electron chi connectivity index (χ0n) is 26.3. The molecule has 47 heavy (non-hydrogen) atoms. The lowest BCUT2D eigenvalue weighted by Crippen LogP contribution is -2.49. The fourth-order valence-corrected chi connectivity index (χ4v) is 7.42. The molecule has 3 aromatic rings. The summed E-state index contributed by atoms with van der Waals surface area (Å²) in [5.41, 5.74) is 6.07. The van der Waals surface area contributed by atoms with E-state index in [9.17, 15) is 18.4 Å². The molecule has 1 unspecified atom stereocenters. The summed E-state index contributed by atoms with van der Waals surface area (Å²) in [5, 5.41) is 16.8. The van der Waals surface area contributed by atoms with Crippen LogP contribution in [0.25, 0.3) is 10.9 Å². The summed E-state index contributed by atoms with van der Waals surface area (Å²) >= 11 is 0. The number of allylic oxidation sites excluding steroid dienone is 2. The SMILES string of the molecule is Cc1nn(C2CCC(=O)NC2=O)c2cccc(C#CCC=C3CCC([C@]4(n5nc(C(F)F)cc5N5CCOCC5)C=NNC4)CC3)c12. The lowest BCUT2D eigenvalue weighted by molar-refractivity contribution is -0.135. The average Bonchev–Trinajstić information content (AvgIpc) is 3.83. The molecule has 7 rings (SSSR count). The van der Waals surface area contributed by atoms with Gasteiger partial charge in [-0.05, 0) is 57.1 Å². The van der Waals surface area contributed by atoms with Gasteiger partial charge in [0.15, 0.2) is 0 Å². The van der Waals surface area contributed by atoms with Gasteiger partial charge in [-0.3, -0.25) is 19.6 Å². The Morgan fingerprint density at radius 3 is 2.66 bits per heavy atom. The number of alkyl halides is 2. The molecule has 246 valence electrons. The zero-order valence-corrected chi connectivity index (χ0v) is 26.3. The number of aryl methyl sites for hydroxylation is 1. The summed E-state index contributed by atoms with van der Waals surface area (Å²) in [5.74, 6) is 6.92. The van der Waals surface area contributed by atoms with E-state index in [1.165, 1.54) is 11.6 Å². The fraction of sp³-hybridized carbons (Fsp3) is 0.500. The molecule has 2 aromatic heterocycles. The van der Waals surface area contributed by atoms with Gasteiger partial charge in [0.1, 0.15) is 23.1 Å². The highest BCUT2D eigenvalue weighted by Crippen LogP contribution is 2.42. The van der Waals surface area contributed by atoms with E-state index in [4.69, 9.17) is 4.74 Å². The van der Waals surface area contributed by atoms with Crippen LogP contribution < -0.4 is 15.6 Å². The second kappa shape index (κ2) is 12.9. The van der Waals surface area contributed by atoms with Crippen molar-refractivity contribution in [2.24, 2.45) is 11.0 Å². The predicted molar refractivity (Wildman–Crippen MR) is 172 cm³/mol. The van der Waals surface area contributed by atoms with Gasteiger partial charge >= 0.3 is 0 Å². The second-order valence-electron chi connectivity index (χ2n) is 12.7. The van der Waals surface area contributed by atoms with Crippen molar-refractivity contribution in [2.75, 3.05) is 37.7 Å². The minimum Gasteiger partial charge on any atom is -0.378 e. The number of anilines is 1. The van der Waals surface area contributed by atoms with Crippen LogP contribution in [0.15, 0.2) is 41.0 Å². The van der Waals surface area contributed by atoms with Crippen molar-refractivity contribution in [1.82, 2.24) is 30.3 Å². The molecule has 1 aromatic carbocycles. The first-order valence-electron chi connectivity index (χ1n) is 16.3. The molecule has 0 radical (unpaired) electrons. The number of benzene rings is 1. The number of hydrogen-bond acceptors (Lipinski definition) is 8.